The van der Waals surface area contributed by atoms with Crippen LogP contribution in [0.3, 0.4) is 0 Å². The highest BCUT2D eigenvalue weighted by Gasteiger charge is 2.34. The van der Waals surface area contributed by atoms with Crippen LogP contribution in [0.15, 0.2) is 42.0 Å². The van der Waals surface area contributed by atoms with E-state index in [0.29, 0.717) is 6.42 Å². The van der Waals surface area contributed by atoms with Gasteiger partial charge in [0.1, 0.15) is 23.0 Å². The fourth-order valence-corrected chi connectivity index (χ4v) is 5.37. The number of fused-ring (bicyclic) bond motifs is 2. The van der Waals surface area contributed by atoms with Crippen LogP contribution in [0.4, 0.5) is 5.82 Å². The smallest absolute Gasteiger partial charge is 0.329 e. The van der Waals surface area contributed by atoms with Crippen molar-refractivity contribution in [3.8, 4) is 0 Å². The fourth-order valence-electron chi connectivity index (χ4n) is 4.64. The molecule has 8 heteroatoms. The van der Waals surface area contributed by atoms with Crippen molar-refractivity contribution in [2.45, 2.75) is 44.2 Å². The second-order valence-corrected chi connectivity index (χ2v) is 8.90. The standard InChI is InChI=1S/C23H24N4O3S/c28-20(26-18-8-3-6-15-5-1-2-7-16(15)18)13-30-23(29)19-9-4-11-27(19)21-17-10-12-31-22(17)25-14-24-21/h1-2,5,7,10,12,14,18-19H,3-4,6,8-9,11,13H2,(H,26,28). The van der Waals surface area contributed by atoms with Crippen LogP contribution in [0.25, 0.3) is 10.2 Å². The first-order valence-electron chi connectivity index (χ1n) is 10.7. The largest absolute Gasteiger partial charge is 0.454 e. The highest BCUT2D eigenvalue weighted by atomic mass is 32.1. The number of aromatic nitrogens is 2. The molecule has 0 radical (unpaired) electrons. The maximum atomic E-state index is 12.8. The van der Waals surface area contributed by atoms with Gasteiger partial charge in [0.05, 0.1) is 11.4 Å². The molecule has 1 saturated heterocycles. The summed E-state index contributed by atoms with van der Waals surface area (Å²) in [5.41, 5.74) is 2.45. The number of ether oxygens (including phenoxy) is 1. The van der Waals surface area contributed by atoms with Gasteiger partial charge >= 0.3 is 5.97 Å². The maximum Gasteiger partial charge on any atom is 0.329 e. The molecule has 2 aromatic heterocycles. The number of esters is 1. The molecule has 1 N–H and O–H groups in total. The lowest BCUT2D eigenvalue weighted by molar-refractivity contribution is -0.149. The van der Waals surface area contributed by atoms with Gasteiger partial charge in [0.15, 0.2) is 6.61 Å². The molecule has 3 heterocycles. The Morgan fingerprint density at radius 2 is 2.06 bits per heavy atom. The average Bonchev–Trinajstić information content (AvgIpc) is 3.47. The molecule has 7 nitrogen and oxygen atoms in total. The number of nitrogens with one attached hydrogen (secondary N) is 1. The van der Waals surface area contributed by atoms with Gasteiger partial charge in [-0.15, -0.1) is 11.3 Å². The summed E-state index contributed by atoms with van der Waals surface area (Å²) >= 11 is 1.55. The number of anilines is 1. The number of rotatable bonds is 5. The molecule has 31 heavy (non-hydrogen) atoms. The van der Waals surface area contributed by atoms with E-state index in [9.17, 15) is 9.59 Å². The van der Waals surface area contributed by atoms with Crippen molar-refractivity contribution in [1.82, 2.24) is 15.3 Å². The number of hydrogen-bond acceptors (Lipinski definition) is 7. The van der Waals surface area contributed by atoms with Crippen LogP contribution in [0.1, 0.15) is 42.9 Å². The third-order valence-electron chi connectivity index (χ3n) is 6.09. The van der Waals surface area contributed by atoms with Crippen LogP contribution >= 0.6 is 11.3 Å². The lowest BCUT2D eigenvalue weighted by atomic mass is 9.88. The van der Waals surface area contributed by atoms with E-state index in [1.54, 1.807) is 11.3 Å². The predicted molar refractivity (Wildman–Crippen MR) is 119 cm³/mol. The Balaban J connectivity index is 1.21. The number of nitrogens with zero attached hydrogens (tertiary/aromatic N) is 3. The van der Waals surface area contributed by atoms with Crippen LogP contribution in [0, 0.1) is 0 Å². The van der Waals surface area contributed by atoms with Crippen LogP contribution < -0.4 is 10.2 Å². The van der Waals surface area contributed by atoms with Gasteiger partial charge in [0.2, 0.25) is 0 Å². The molecule has 0 bridgehead atoms. The van der Waals surface area contributed by atoms with Crippen molar-refractivity contribution in [2.75, 3.05) is 18.1 Å². The van der Waals surface area contributed by atoms with E-state index in [1.807, 2.05) is 28.5 Å². The number of aryl methyl sites for hydroxylation is 1. The molecule has 2 unspecified atom stereocenters. The second-order valence-electron chi connectivity index (χ2n) is 8.01. The molecule has 1 fully saturated rings. The first-order chi connectivity index (χ1) is 15.2. The van der Waals surface area contributed by atoms with Gasteiger partial charge in [-0.1, -0.05) is 24.3 Å². The molecule has 0 saturated carbocycles. The van der Waals surface area contributed by atoms with Crippen molar-refractivity contribution in [3.05, 3.63) is 53.2 Å². The summed E-state index contributed by atoms with van der Waals surface area (Å²) in [7, 11) is 0. The summed E-state index contributed by atoms with van der Waals surface area (Å²) in [6.45, 7) is 0.465. The van der Waals surface area contributed by atoms with E-state index in [-0.39, 0.29) is 24.5 Å². The number of benzene rings is 1. The number of thiophene rings is 1. The molecule has 1 aromatic carbocycles. The minimum absolute atomic E-state index is 0.0213. The van der Waals surface area contributed by atoms with Crippen LogP contribution in [-0.4, -0.2) is 41.0 Å². The number of carbonyl (C=O) groups is 2. The Morgan fingerprint density at radius 1 is 1.16 bits per heavy atom. The Morgan fingerprint density at radius 3 is 3.00 bits per heavy atom. The van der Waals surface area contributed by atoms with Gasteiger partial charge < -0.3 is 15.0 Å². The van der Waals surface area contributed by atoms with E-state index in [2.05, 4.69) is 27.4 Å². The van der Waals surface area contributed by atoms with Crippen LogP contribution in [-0.2, 0) is 20.7 Å². The summed E-state index contributed by atoms with van der Waals surface area (Å²) in [6, 6.07) is 9.73. The SMILES string of the molecule is O=C(COC(=O)C1CCCN1c1ncnc2sccc12)NC1CCCc2ccccc21. The Kier molecular flexibility index (Phi) is 5.55. The average molecular weight is 437 g/mol. The van der Waals surface area contributed by atoms with Crippen molar-refractivity contribution in [3.63, 3.8) is 0 Å². The monoisotopic (exact) mass is 436 g/mol. The Bertz CT molecular complexity index is 1110. The zero-order valence-corrected chi connectivity index (χ0v) is 17.9. The van der Waals surface area contributed by atoms with Gasteiger partial charge in [0, 0.05) is 6.54 Å². The number of amides is 1. The summed E-state index contributed by atoms with van der Waals surface area (Å²) in [5.74, 6) is 0.120. The summed E-state index contributed by atoms with van der Waals surface area (Å²) in [4.78, 5) is 36.9. The quantitative estimate of drug-likeness (QED) is 0.617. The molecular weight excluding hydrogens is 412 g/mol. The molecule has 1 aliphatic carbocycles. The molecule has 3 aromatic rings. The first kappa shape index (κ1) is 19.9. The third kappa shape index (κ3) is 3.99. The summed E-state index contributed by atoms with van der Waals surface area (Å²) in [5, 5.41) is 5.95. The first-order valence-corrected chi connectivity index (χ1v) is 11.6. The topological polar surface area (TPSA) is 84.4 Å². The molecule has 2 aliphatic rings. The third-order valence-corrected chi connectivity index (χ3v) is 6.91. The minimum Gasteiger partial charge on any atom is -0.454 e. The lowest BCUT2D eigenvalue weighted by Crippen LogP contribution is -2.40. The predicted octanol–water partition coefficient (Wildman–Crippen LogP) is 3.40. The van der Waals surface area contributed by atoms with E-state index < -0.39 is 6.04 Å². The van der Waals surface area contributed by atoms with E-state index in [0.717, 1.165) is 48.3 Å². The molecule has 2 atom stereocenters. The number of hydrogen-bond donors (Lipinski definition) is 1. The van der Waals surface area contributed by atoms with Crippen molar-refractivity contribution in [1.29, 1.82) is 0 Å². The van der Waals surface area contributed by atoms with Gasteiger partial charge in [-0.25, -0.2) is 14.8 Å². The molecule has 1 aliphatic heterocycles. The van der Waals surface area contributed by atoms with Gasteiger partial charge in [0.25, 0.3) is 5.91 Å². The minimum atomic E-state index is -0.429. The van der Waals surface area contributed by atoms with Gasteiger partial charge in [-0.3, -0.25) is 4.79 Å². The molecule has 5 rings (SSSR count). The normalized spacial score (nSPS) is 20.5. The number of carbonyl (C=O) groups excluding carboxylic acids is 2. The van der Waals surface area contributed by atoms with E-state index in [1.165, 1.54) is 17.5 Å². The van der Waals surface area contributed by atoms with Crippen LogP contribution in [0.5, 0.6) is 0 Å². The van der Waals surface area contributed by atoms with Crippen molar-refractivity contribution < 1.29 is 14.3 Å². The van der Waals surface area contributed by atoms with Gasteiger partial charge in [-0.05, 0) is 54.7 Å². The Hall–Kier alpha value is -3.00. The van der Waals surface area contributed by atoms with E-state index in [4.69, 9.17) is 4.74 Å². The van der Waals surface area contributed by atoms with Crippen molar-refractivity contribution >= 4 is 39.2 Å². The summed E-state index contributed by atoms with van der Waals surface area (Å²) < 4.78 is 5.43. The highest BCUT2D eigenvalue weighted by Crippen LogP contribution is 2.32. The molecule has 160 valence electrons. The zero-order valence-electron chi connectivity index (χ0n) is 17.1. The molecule has 1 amide bonds. The zero-order chi connectivity index (χ0) is 21.2. The molecular formula is C23H24N4O3S. The molecule has 0 spiro atoms. The van der Waals surface area contributed by atoms with Crippen LogP contribution in [0.2, 0.25) is 0 Å². The fraction of sp³-hybridized carbons (Fsp3) is 0.391. The lowest BCUT2D eigenvalue weighted by Gasteiger charge is -2.27. The summed E-state index contributed by atoms with van der Waals surface area (Å²) in [6.07, 6.45) is 6.07. The maximum absolute atomic E-state index is 12.8. The highest BCUT2D eigenvalue weighted by molar-refractivity contribution is 7.16. The van der Waals surface area contributed by atoms with Gasteiger partial charge in [-0.2, -0.15) is 0 Å². The second kappa shape index (κ2) is 8.63. The Labute approximate surface area is 184 Å². The van der Waals surface area contributed by atoms with E-state index >= 15 is 0 Å². The van der Waals surface area contributed by atoms with Crippen molar-refractivity contribution in [2.24, 2.45) is 0 Å².